The van der Waals surface area contributed by atoms with E-state index in [1.54, 1.807) is 15.7 Å². The molecule has 1 atom stereocenters. The molecule has 2 aromatic rings. The van der Waals surface area contributed by atoms with Gasteiger partial charge in [-0.15, -0.1) is 0 Å². The Morgan fingerprint density at radius 2 is 2.24 bits per heavy atom. The van der Waals surface area contributed by atoms with Crippen LogP contribution >= 0.6 is 15.9 Å². The van der Waals surface area contributed by atoms with Crippen LogP contribution in [0.1, 0.15) is 33.6 Å². The highest BCUT2D eigenvalue weighted by Gasteiger charge is 2.28. The van der Waals surface area contributed by atoms with Gasteiger partial charge in [-0.25, -0.2) is 19.6 Å². The summed E-state index contributed by atoms with van der Waals surface area (Å²) in [4.78, 5) is 37.5. The zero-order valence-corrected chi connectivity index (χ0v) is 16.2. The van der Waals surface area contributed by atoms with E-state index in [-0.39, 0.29) is 17.7 Å². The van der Waals surface area contributed by atoms with Gasteiger partial charge in [0.2, 0.25) is 0 Å². The number of carbonyl (C=O) groups excluding carboxylic acids is 1. The zero-order valence-electron chi connectivity index (χ0n) is 14.6. The van der Waals surface area contributed by atoms with Crippen molar-refractivity contribution in [2.24, 2.45) is 5.92 Å². The number of likely N-dealkylation sites (tertiary alicyclic amines) is 1. The van der Waals surface area contributed by atoms with Gasteiger partial charge in [0.15, 0.2) is 11.3 Å². The number of H-pyrrole nitrogens is 1. The fourth-order valence-corrected chi connectivity index (χ4v) is 3.30. The van der Waals surface area contributed by atoms with Crippen LogP contribution in [0.2, 0.25) is 0 Å². The van der Waals surface area contributed by atoms with E-state index in [1.165, 1.54) is 0 Å². The topological polar surface area (TPSA) is 93.1 Å². The normalized spacial score (nSPS) is 18.6. The first-order valence-corrected chi connectivity index (χ1v) is 9.11. The van der Waals surface area contributed by atoms with Gasteiger partial charge in [0, 0.05) is 19.6 Å². The summed E-state index contributed by atoms with van der Waals surface area (Å²) in [6.45, 7) is 7.30. The van der Waals surface area contributed by atoms with Gasteiger partial charge < -0.3 is 9.64 Å². The molecule has 2 aromatic heterocycles. The van der Waals surface area contributed by atoms with Crippen molar-refractivity contribution in [1.29, 1.82) is 0 Å². The van der Waals surface area contributed by atoms with E-state index in [2.05, 4.69) is 30.9 Å². The number of halogens is 1. The van der Waals surface area contributed by atoms with Gasteiger partial charge in [-0.1, -0.05) is 0 Å². The Labute approximate surface area is 153 Å². The molecule has 1 amide bonds. The first-order valence-electron chi connectivity index (χ1n) is 8.32. The van der Waals surface area contributed by atoms with E-state index in [0.717, 1.165) is 12.8 Å². The number of ether oxygens (including phenoxy) is 1. The van der Waals surface area contributed by atoms with Gasteiger partial charge in [-0.05, 0) is 55.5 Å². The highest BCUT2D eigenvalue weighted by Crippen LogP contribution is 2.21. The van der Waals surface area contributed by atoms with Crippen molar-refractivity contribution < 1.29 is 9.53 Å². The Kier molecular flexibility index (Phi) is 4.86. The third-order valence-corrected chi connectivity index (χ3v) is 4.44. The Balaban J connectivity index is 1.75. The number of nitrogens with zero attached hydrogens (tertiary/aromatic N) is 4. The number of hydrogen-bond donors (Lipinski definition) is 1. The van der Waals surface area contributed by atoms with Gasteiger partial charge in [0.25, 0.3) is 0 Å². The molecule has 1 saturated heterocycles. The summed E-state index contributed by atoms with van der Waals surface area (Å²) < 4.78 is 7.62. The van der Waals surface area contributed by atoms with E-state index >= 15 is 0 Å². The van der Waals surface area contributed by atoms with Crippen LogP contribution in [-0.2, 0) is 11.3 Å². The summed E-state index contributed by atoms with van der Waals surface area (Å²) >= 11 is 3.29. The molecule has 1 unspecified atom stereocenters. The smallest absolute Gasteiger partial charge is 0.410 e. The molecule has 0 bridgehead atoms. The van der Waals surface area contributed by atoms with Crippen molar-refractivity contribution >= 4 is 33.3 Å². The molecule has 9 heteroatoms. The fourth-order valence-electron chi connectivity index (χ4n) is 3.03. The third kappa shape index (κ3) is 4.20. The largest absolute Gasteiger partial charge is 0.444 e. The number of imidazole rings is 1. The molecule has 8 nitrogen and oxygen atoms in total. The third-order valence-electron chi connectivity index (χ3n) is 4.06. The van der Waals surface area contributed by atoms with E-state index in [9.17, 15) is 9.59 Å². The Morgan fingerprint density at radius 3 is 2.96 bits per heavy atom. The maximum atomic E-state index is 12.3. The van der Waals surface area contributed by atoms with Crippen molar-refractivity contribution in [3.8, 4) is 0 Å². The lowest BCUT2D eigenvalue weighted by atomic mass is 9.98. The average Bonchev–Trinajstić information content (AvgIpc) is 2.82. The van der Waals surface area contributed by atoms with Gasteiger partial charge in [-0.3, -0.25) is 9.55 Å². The number of fused-ring (bicyclic) bond motifs is 1. The van der Waals surface area contributed by atoms with E-state index in [4.69, 9.17) is 4.74 Å². The van der Waals surface area contributed by atoms with Crippen molar-refractivity contribution in [2.75, 3.05) is 13.1 Å². The van der Waals surface area contributed by atoms with Crippen LogP contribution in [-0.4, -0.2) is 49.2 Å². The minimum atomic E-state index is -0.514. The van der Waals surface area contributed by atoms with Crippen LogP contribution in [0.25, 0.3) is 11.3 Å². The summed E-state index contributed by atoms with van der Waals surface area (Å²) in [5.41, 5.74) is 0.240. The Bertz CT molecular complexity index is 838. The molecule has 1 aliphatic heterocycles. The first-order chi connectivity index (χ1) is 11.7. The number of carbonyl (C=O) groups is 1. The van der Waals surface area contributed by atoms with Crippen LogP contribution < -0.4 is 5.69 Å². The van der Waals surface area contributed by atoms with Gasteiger partial charge >= 0.3 is 11.8 Å². The monoisotopic (exact) mass is 411 g/mol. The number of nitrogens with one attached hydrogen (secondary N) is 1. The standard InChI is InChI=1S/C16H22BrN5O3/c1-16(2,3)25-15(24)21-6-4-5-10(8-21)9-22-13-12(20-14(22)23)18-7-11(17)19-13/h7,10H,4-6,8-9H2,1-3H3,(H,18,20,23). The highest BCUT2D eigenvalue weighted by molar-refractivity contribution is 9.10. The number of piperidine rings is 1. The van der Waals surface area contributed by atoms with Gasteiger partial charge in [0.05, 0.1) is 6.20 Å². The van der Waals surface area contributed by atoms with E-state index in [1.807, 2.05) is 20.8 Å². The minimum absolute atomic E-state index is 0.166. The van der Waals surface area contributed by atoms with Crippen molar-refractivity contribution in [3.63, 3.8) is 0 Å². The summed E-state index contributed by atoms with van der Waals surface area (Å²) in [6.07, 6.45) is 3.08. The van der Waals surface area contributed by atoms with E-state index in [0.29, 0.717) is 35.5 Å². The second-order valence-corrected chi connectivity index (χ2v) is 8.15. The van der Waals surface area contributed by atoms with E-state index < -0.39 is 5.60 Å². The summed E-state index contributed by atoms with van der Waals surface area (Å²) in [5, 5.41) is 0. The van der Waals surface area contributed by atoms with Crippen molar-refractivity contribution in [2.45, 2.75) is 45.8 Å². The molecule has 1 fully saturated rings. The van der Waals surface area contributed by atoms with Crippen LogP contribution in [0.4, 0.5) is 4.79 Å². The molecular formula is C16H22BrN5O3. The molecule has 0 spiro atoms. The number of hydrogen-bond acceptors (Lipinski definition) is 5. The van der Waals surface area contributed by atoms with Crippen molar-refractivity contribution in [3.05, 3.63) is 21.3 Å². The van der Waals surface area contributed by atoms with Crippen LogP contribution in [0.5, 0.6) is 0 Å². The maximum Gasteiger partial charge on any atom is 0.410 e. The Hall–Kier alpha value is -1.90. The fraction of sp³-hybridized carbons (Fsp3) is 0.625. The second kappa shape index (κ2) is 6.78. The quantitative estimate of drug-likeness (QED) is 0.819. The molecule has 1 N–H and O–H groups in total. The average molecular weight is 412 g/mol. The molecular weight excluding hydrogens is 390 g/mol. The molecule has 3 rings (SSSR count). The predicted molar refractivity (Wildman–Crippen MR) is 96.4 cm³/mol. The van der Waals surface area contributed by atoms with Gasteiger partial charge in [0.1, 0.15) is 10.2 Å². The molecule has 0 radical (unpaired) electrons. The minimum Gasteiger partial charge on any atom is -0.444 e. The molecule has 0 aromatic carbocycles. The number of aromatic amines is 1. The second-order valence-electron chi connectivity index (χ2n) is 7.34. The van der Waals surface area contributed by atoms with Crippen LogP contribution in [0.3, 0.4) is 0 Å². The number of aromatic nitrogens is 4. The molecule has 3 heterocycles. The van der Waals surface area contributed by atoms with Crippen LogP contribution in [0, 0.1) is 5.92 Å². The highest BCUT2D eigenvalue weighted by atomic mass is 79.9. The Morgan fingerprint density at radius 1 is 1.48 bits per heavy atom. The summed E-state index contributed by atoms with van der Waals surface area (Å²) in [6, 6.07) is 0. The number of rotatable bonds is 2. The molecule has 25 heavy (non-hydrogen) atoms. The molecule has 0 aliphatic carbocycles. The van der Waals surface area contributed by atoms with Crippen LogP contribution in [0.15, 0.2) is 15.6 Å². The van der Waals surface area contributed by atoms with Crippen molar-refractivity contribution in [1.82, 2.24) is 24.4 Å². The summed E-state index contributed by atoms with van der Waals surface area (Å²) in [5.74, 6) is 0.166. The lowest BCUT2D eigenvalue weighted by Crippen LogP contribution is -2.44. The lowest BCUT2D eigenvalue weighted by Gasteiger charge is -2.34. The molecule has 0 saturated carbocycles. The lowest BCUT2D eigenvalue weighted by molar-refractivity contribution is 0.0157. The SMILES string of the molecule is CC(C)(C)OC(=O)N1CCCC(Cn2c(=O)[nH]c3ncc(Br)nc32)C1. The maximum absolute atomic E-state index is 12.3. The predicted octanol–water partition coefficient (Wildman–Crippen LogP) is 2.53. The van der Waals surface area contributed by atoms with Gasteiger partial charge in [-0.2, -0.15) is 0 Å². The molecule has 1 aliphatic rings. The zero-order chi connectivity index (χ0) is 18.2. The summed E-state index contributed by atoms with van der Waals surface area (Å²) in [7, 11) is 0. The number of amides is 1. The molecule has 136 valence electrons. The first kappa shape index (κ1) is 17.9.